The van der Waals surface area contributed by atoms with Crippen molar-refractivity contribution < 1.29 is 80.9 Å². The van der Waals surface area contributed by atoms with E-state index < -0.39 is 0 Å². The van der Waals surface area contributed by atoms with E-state index in [1.54, 1.807) is 0 Å². The molecule has 0 radical (unpaired) electrons. The van der Waals surface area contributed by atoms with Crippen molar-refractivity contribution in [1.29, 1.82) is 0 Å². The Morgan fingerprint density at radius 1 is 0.385 bits per heavy atom. The number of ketones is 2. The highest BCUT2D eigenvalue weighted by molar-refractivity contribution is 6.04. The summed E-state index contributed by atoms with van der Waals surface area (Å²) in [5.74, 6) is -0.953. The van der Waals surface area contributed by atoms with Crippen LogP contribution in [0.2, 0.25) is 0 Å². The maximum Gasteiger partial charge on any atom is 0.233 e. The lowest BCUT2D eigenvalue weighted by Crippen LogP contribution is -2.33. The maximum atomic E-state index is 12.3. The molecule has 2 saturated heterocycles. The number of nitrogens with zero attached hydrogens (tertiary/aromatic N) is 2. The third-order valence-corrected chi connectivity index (χ3v) is 10.6. The first kappa shape index (κ1) is 58.3. The van der Waals surface area contributed by atoms with Gasteiger partial charge in [-0.15, -0.1) is 0 Å². The number of imide groups is 2. The quantitative estimate of drug-likeness (QED) is 0.0635. The first-order valence-corrected chi connectivity index (χ1v) is 23.6. The number of ether oxygens (including phenoxy) is 11. The molecule has 65 heavy (non-hydrogen) atoms. The van der Waals surface area contributed by atoms with Gasteiger partial charge in [0.15, 0.2) is 0 Å². The zero-order valence-corrected chi connectivity index (χ0v) is 39.8. The van der Waals surface area contributed by atoms with Crippen molar-refractivity contribution in [2.24, 2.45) is 23.7 Å². The van der Waals surface area contributed by atoms with Gasteiger partial charge in [-0.3, -0.25) is 38.6 Å². The minimum Gasteiger partial charge on any atom is -0.379 e. The number of hydrogen-bond donors (Lipinski definition) is 0. The molecule has 2 fully saturated rings. The molecule has 19 heteroatoms. The zero-order valence-electron chi connectivity index (χ0n) is 39.8. The maximum absolute atomic E-state index is 12.3. The molecule has 0 N–H and O–H groups in total. The second-order valence-corrected chi connectivity index (χ2v) is 16.4. The largest absolute Gasteiger partial charge is 0.379 e. The SMILES string of the molecule is CC(C)C1CC(=O)N(CCC(=O)CCCOCCOCCOCCOCCOCCOCCOCCOCCOCCOCCOCCCC(=O)CCN2C(=O)CC(C(C)C)C2=O)C1=O. The lowest BCUT2D eigenvalue weighted by molar-refractivity contribution is -0.142. The summed E-state index contributed by atoms with van der Waals surface area (Å²) in [4.78, 5) is 75.7. The van der Waals surface area contributed by atoms with E-state index >= 15 is 0 Å². The molecule has 0 aromatic carbocycles. The van der Waals surface area contributed by atoms with Crippen molar-refractivity contribution in [3.8, 4) is 0 Å². The highest BCUT2D eigenvalue weighted by Gasteiger charge is 2.40. The predicted octanol–water partition coefficient (Wildman–Crippen LogP) is 2.71. The topological polar surface area (TPSA) is 210 Å². The molecule has 0 aliphatic carbocycles. The summed E-state index contributed by atoms with van der Waals surface area (Å²) in [5.41, 5.74) is 0. The molecule has 2 heterocycles. The number of likely N-dealkylation sites (tertiary alicyclic amines) is 2. The summed E-state index contributed by atoms with van der Waals surface area (Å²) in [6, 6.07) is 0. The van der Waals surface area contributed by atoms with Crippen LogP contribution in [0.3, 0.4) is 0 Å². The van der Waals surface area contributed by atoms with Gasteiger partial charge >= 0.3 is 0 Å². The van der Waals surface area contributed by atoms with Crippen LogP contribution in [-0.4, -0.2) is 203 Å². The molecule has 2 rings (SSSR count). The van der Waals surface area contributed by atoms with E-state index in [2.05, 4.69) is 0 Å². The summed E-state index contributed by atoms with van der Waals surface area (Å²) in [6.07, 6.45) is 2.72. The Morgan fingerprint density at radius 3 is 0.800 bits per heavy atom. The van der Waals surface area contributed by atoms with Crippen LogP contribution in [-0.2, 0) is 80.9 Å². The van der Waals surface area contributed by atoms with E-state index in [1.165, 1.54) is 9.80 Å². The molecule has 4 amide bonds. The molecule has 2 aliphatic rings. The van der Waals surface area contributed by atoms with Gasteiger partial charge in [0.1, 0.15) is 11.6 Å². The Hall–Kier alpha value is -2.82. The van der Waals surface area contributed by atoms with Crippen LogP contribution in [0.15, 0.2) is 0 Å². The van der Waals surface area contributed by atoms with E-state index in [9.17, 15) is 28.8 Å². The minimum atomic E-state index is -0.269. The van der Waals surface area contributed by atoms with Gasteiger partial charge in [-0.05, 0) is 24.7 Å². The van der Waals surface area contributed by atoms with E-state index in [4.69, 9.17) is 52.1 Å². The molecule has 19 nitrogen and oxygen atoms in total. The number of amides is 4. The Morgan fingerprint density at radius 2 is 0.600 bits per heavy atom. The number of carbonyl (C=O) groups excluding carboxylic acids is 6. The predicted molar refractivity (Wildman–Crippen MR) is 236 cm³/mol. The van der Waals surface area contributed by atoms with Crippen molar-refractivity contribution in [1.82, 2.24) is 9.80 Å². The second-order valence-electron chi connectivity index (χ2n) is 16.4. The van der Waals surface area contributed by atoms with Gasteiger partial charge < -0.3 is 52.1 Å². The Kier molecular flexibility index (Phi) is 34.2. The molecule has 2 unspecified atom stereocenters. The van der Waals surface area contributed by atoms with Crippen LogP contribution in [0.4, 0.5) is 0 Å². The van der Waals surface area contributed by atoms with E-state index in [1.807, 2.05) is 27.7 Å². The van der Waals surface area contributed by atoms with Gasteiger partial charge in [-0.2, -0.15) is 0 Å². The highest BCUT2D eigenvalue weighted by Crippen LogP contribution is 2.27. The molecule has 0 saturated carbocycles. The lowest BCUT2D eigenvalue weighted by atomic mass is 9.94. The molecule has 0 spiro atoms. The molecule has 2 atom stereocenters. The minimum absolute atomic E-state index is 0.0185. The van der Waals surface area contributed by atoms with E-state index in [-0.39, 0.29) is 97.6 Å². The van der Waals surface area contributed by atoms with Crippen molar-refractivity contribution in [2.45, 2.75) is 79.1 Å². The van der Waals surface area contributed by atoms with Crippen LogP contribution >= 0.6 is 0 Å². The summed E-state index contributed by atoms with van der Waals surface area (Å²) in [5, 5.41) is 0. The monoisotopic (exact) mass is 933 g/mol. The fourth-order valence-corrected chi connectivity index (χ4v) is 6.70. The summed E-state index contributed by atoms with van der Waals surface area (Å²) >= 11 is 0. The van der Waals surface area contributed by atoms with Gasteiger partial charge in [0, 0.05) is 76.7 Å². The third-order valence-electron chi connectivity index (χ3n) is 10.6. The fraction of sp³-hybridized carbons (Fsp3) is 0.870. The standard InChI is InChI=1S/C46H80N2O17/c1-37(2)41-35-43(51)47(45(41)53)11-9-39(49)7-5-13-55-15-17-57-19-21-59-23-25-61-27-29-63-31-33-65-34-32-64-30-28-62-26-24-60-22-20-58-18-16-56-14-6-8-40(50)10-12-48-44(52)36-42(38(3)4)46(48)54/h37-38,41-42H,5-36H2,1-4H3. The molecule has 0 aromatic heterocycles. The smallest absolute Gasteiger partial charge is 0.233 e. The van der Waals surface area contributed by atoms with Gasteiger partial charge in [0.05, 0.1) is 132 Å². The molecule has 0 aromatic rings. The number of rotatable bonds is 46. The van der Waals surface area contributed by atoms with Crippen LogP contribution < -0.4 is 0 Å². The van der Waals surface area contributed by atoms with Crippen molar-refractivity contribution in [2.75, 3.05) is 158 Å². The zero-order chi connectivity index (χ0) is 47.3. The van der Waals surface area contributed by atoms with Crippen LogP contribution in [0.25, 0.3) is 0 Å². The van der Waals surface area contributed by atoms with Gasteiger partial charge in [-0.1, -0.05) is 27.7 Å². The Balaban J connectivity index is 1.17. The first-order valence-electron chi connectivity index (χ1n) is 23.6. The van der Waals surface area contributed by atoms with Gasteiger partial charge in [0.2, 0.25) is 23.6 Å². The Bertz CT molecular complexity index is 1220. The van der Waals surface area contributed by atoms with Crippen molar-refractivity contribution >= 4 is 35.2 Å². The van der Waals surface area contributed by atoms with Crippen LogP contribution in [0.1, 0.15) is 79.1 Å². The highest BCUT2D eigenvalue weighted by atomic mass is 16.6. The Labute approximate surface area is 386 Å². The number of Topliss-reactive ketones (excluding diaryl/α,β-unsaturated/α-hetero) is 2. The number of carbonyl (C=O) groups is 6. The van der Waals surface area contributed by atoms with Crippen LogP contribution in [0, 0.1) is 23.7 Å². The molecule has 2 aliphatic heterocycles. The van der Waals surface area contributed by atoms with E-state index in [0.29, 0.717) is 171 Å². The summed E-state index contributed by atoms with van der Waals surface area (Å²) in [7, 11) is 0. The van der Waals surface area contributed by atoms with Crippen molar-refractivity contribution in [3.63, 3.8) is 0 Å². The van der Waals surface area contributed by atoms with E-state index in [0.717, 1.165) is 0 Å². The lowest BCUT2D eigenvalue weighted by Gasteiger charge is -2.16. The average molecular weight is 933 g/mol. The van der Waals surface area contributed by atoms with Crippen LogP contribution in [0.5, 0.6) is 0 Å². The third kappa shape index (κ3) is 28.2. The number of hydrogen-bond acceptors (Lipinski definition) is 17. The molecular weight excluding hydrogens is 853 g/mol. The fourth-order valence-electron chi connectivity index (χ4n) is 6.70. The normalized spacial score (nSPS) is 16.7. The average Bonchev–Trinajstić information content (AvgIpc) is 3.74. The second kappa shape index (κ2) is 38.2. The molecular formula is C46H80N2O17. The van der Waals surface area contributed by atoms with Crippen molar-refractivity contribution in [3.05, 3.63) is 0 Å². The summed E-state index contributed by atoms with van der Waals surface area (Å²) < 4.78 is 60.5. The molecule has 376 valence electrons. The summed E-state index contributed by atoms with van der Waals surface area (Å²) in [6.45, 7) is 17.9. The van der Waals surface area contributed by atoms with Gasteiger partial charge in [0.25, 0.3) is 0 Å². The first-order chi connectivity index (χ1) is 31.5. The molecule has 0 bridgehead atoms. The van der Waals surface area contributed by atoms with Gasteiger partial charge in [-0.25, -0.2) is 0 Å².